The fourth-order valence-corrected chi connectivity index (χ4v) is 1.36. The number of allylic oxidation sites excluding steroid dienone is 9. The highest BCUT2D eigenvalue weighted by molar-refractivity contribution is 6.04. The maximum absolute atomic E-state index is 11.0. The topological polar surface area (TPSA) is 29.4 Å². The summed E-state index contributed by atoms with van der Waals surface area (Å²) in [5.41, 5.74) is 0.950. The highest BCUT2D eigenvalue weighted by Gasteiger charge is 1.95. The van der Waals surface area contributed by atoms with Gasteiger partial charge in [-0.2, -0.15) is 0 Å². The molecule has 1 heterocycles. The molecule has 94 valence electrons. The Bertz CT molecular complexity index is 448. The maximum Gasteiger partial charge on any atom is 0.155 e. The Balaban J connectivity index is 2.48. The average Bonchev–Trinajstić information content (AvgIpc) is 2.57. The second kappa shape index (κ2) is 8.18. The first-order valence-corrected chi connectivity index (χ1v) is 6.19. The van der Waals surface area contributed by atoms with Gasteiger partial charge in [-0.25, -0.2) is 0 Å². The second-order valence-corrected chi connectivity index (χ2v) is 3.96. The van der Waals surface area contributed by atoms with Gasteiger partial charge in [0.15, 0.2) is 5.78 Å². The average molecular weight is 241 g/mol. The number of rotatable bonds is 5. The van der Waals surface area contributed by atoms with Crippen molar-refractivity contribution < 1.29 is 4.79 Å². The Morgan fingerprint density at radius 3 is 2.83 bits per heavy atom. The van der Waals surface area contributed by atoms with E-state index in [1.165, 1.54) is 0 Å². The Hall–Kier alpha value is -1.96. The SMILES string of the molecule is CCC(=O)C=CC=CC=CC1=NC(C)C=CC=C1. The molecule has 2 nitrogen and oxygen atoms in total. The van der Waals surface area contributed by atoms with Gasteiger partial charge in [-0.1, -0.05) is 49.5 Å². The minimum Gasteiger partial charge on any atom is -0.295 e. The molecule has 1 aliphatic rings. The van der Waals surface area contributed by atoms with Crippen LogP contribution in [0, 0.1) is 0 Å². The van der Waals surface area contributed by atoms with Crippen molar-refractivity contribution in [1.29, 1.82) is 0 Å². The summed E-state index contributed by atoms with van der Waals surface area (Å²) in [4.78, 5) is 15.5. The molecule has 2 heteroatoms. The molecule has 0 saturated heterocycles. The van der Waals surface area contributed by atoms with Gasteiger partial charge in [0.25, 0.3) is 0 Å². The van der Waals surface area contributed by atoms with Crippen molar-refractivity contribution >= 4 is 11.5 Å². The molecule has 0 bridgehead atoms. The molecule has 0 aromatic carbocycles. The van der Waals surface area contributed by atoms with Gasteiger partial charge in [0.05, 0.1) is 11.8 Å². The van der Waals surface area contributed by atoms with Crippen LogP contribution in [0.4, 0.5) is 0 Å². The van der Waals surface area contributed by atoms with Gasteiger partial charge >= 0.3 is 0 Å². The lowest BCUT2D eigenvalue weighted by atomic mass is 10.2. The summed E-state index contributed by atoms with van der Waals surface area (Å²) in [6, 6.07) is 0.214. The number of carbonyl (C=O) groups is 1. The molecule has 0 aromatic rings. The van der Waals surface area contributed by atoms with E-state index >= 15 is 0 Å². The van der Waals surface area contributed by atoms with E-state index in [-0.39, 0.29) is 11.8 Å². The molecule has 0 spiro atoms. The zero-order valence-electron chi connectivity index (χ0n) is 10.9. The van der Waals surface area contributed by atoms with E-state index in [4.69, 9.17) is 0 Å². The lowest BCUT2D eigenvalue weighted by Gasteiger charge is -1.97. The lowest BCUT2D eigenvalue weighted by Crippen LogP contribution is -1.95. The van der Waals surface area contributed by atoms with E-state index in [9.17, 15) is 4.79 Å². The van der Waals surface area contributed by atoms with Crippen LogP contribution in [0.1, 0.15) is 20.3 Å². The number of hydrogen-bond acceptors (Lipinski definition) is 2. The van der Waals surface area contributed by atoms with E-state index in [0.717, 1.165) is 5.71 Å². The summed E-state index contributed by atoms with van der Waals surface area (Å²) in [5.74, 6) is 0.139. The van der Waals surface area contributed by atoms with Crippen molar-refractivity contribution in [2.75, 3.05) is 0 Å². The monoisotopic (exact) mass is 241 g/mol. The van der Waals surface area contributed by atoms with E-state index in [1.807, 2.05) is 62.5 Å². The van der Waals surface area contributed by atoms with E-state index in [1.54, 1.807) is 12.2 Å². The van der Waals surface area contributed by atoms with Crippen LogP contribution in [0.25, 0.3) is 0 Å². The third kappa shape index (κ3) is 5.94. The maximum atomic E-state index is 11.0. The molecule has 0 fully saturated rings. The van der Waals surface area contributed by atoms with Gasteiger partial charge in [-0.15, -0.1) is 0 Å². The van der Waals surface area contributed by atoms with Gasteiger partial charge in [0, 0.05) is 6.42 Å². The third-order valence-electron chi connectivity index (χ3n) is 2.35. The van der Waals surface area contributed by atoms with Crippen LogP contribution in [0.2, 0.25) is 0 Å². The predicted octanol–water partition coefficient (Wildman–Crippen LogP) is 3.59. The Morgan fingerprint density at radius 2 is 2.06 bits per heavy atom. The molecule has 0 amide bonds. The summed E-state index contributed by atoms with van der Waals surface area (Å²) in [7, 11) is 0. The number of hydrogen-bond donors (Lipinski definition) is 0. The van der Waals surface area contributed by atoms with Gasteiger partial charge in [0.1, 0.15) is 0 Å². The molecule has 0 N–H and O–H groups in total. The zero-order valence-corrected chi connectivity index (χ0v) is 10.9. The molecular formula is C16H19NO. The molecule has 1 unspecified atom stereocenters. The number of aliphatic imine (C=N–C) groups is 1. The van der Waals surface area contributed by atoms with E-state index in [2.05, 4.69) is 4.99 Å². The summed E-state index contributed by atoms with van der Waals surface area (Å²) in [6.07, 6.45) is 19.5. The first-order chi connectivity index (χ1) is 8.72. The molecule has 0 saturated carbocycles. The normalized spacial score (nSPS) is 19.9. The summed E-state index contributed by atoms with van der Waals surface area (Å²) in [6.45, 7) is 3.90. The van der Waals surface area contributed by atoms with Crippen molar-refractivity contribution in [2.24, 2.45) is 4.99 Å². The molecule has 0 aromatic heterocycles. The highest BCUT2D eigenvalue weighted by Crippen LogP contribution is 2.01. The molecule has 18 heavy (non-hydrogen) atoms. The van der Waals surface area contributed by atoms with Gasteiger partial charge in [-0.3, -0.25) is 9.79 Å². The standard InChI is InChI=1S/C16H19NO/c1-3-16(18)13-7-5-4-6-11-15-12-9-8-10-14(2)17-15/h4-14H,3H2,1-2H3. The quantitative estimate of drug-likeness (QED) is 0.534. The summed E-state index contributed by atoms with van der Waals surface area (Å²) < 4.78 is 0. The van der Waals surface area contributed by atoms with Gasteiger partial charge in [-0.05, 0) is 25.2 Å². The van der Waals surface area contributed by atoms with Crippen LogP contribution >= 0.6 is 0 Å². The van der Waals surface area contributed by atoms with Crippen molar-refractivity contribution in [3.63, 3.8) is 0 Å². The minimum atomic E-state index is 0.139. The zero-order chi connectivity index (χ0) is 13.2. The van der Waals surface area contributed by atoms with Crippen LogP contribution in [0.3, 0.4) is 0 Å². The number of nitrogens with zero attached hydrogens (tertiary/aromatic N) is 1. The third-order valence-corrected chi connectivity index (χ3v) is 2.35. The van der Waals surface area contributed by atoms with Crippen molar-refractivity contribution in [3.8, 4) is 0 Å². The largest absolute Gasteiger partial charge is 0.295 e. The van der Waals surface area contributed by atoms with Crippen LogP contribution in [0.5, 0.6) is 0 Å². The fourth-order valence-electron chi connectivity index (χ4n) is 1.36. The molecule has 1 atom stereocenters. The molecule has 1 aliphatic heterocycles. The van der Waals surface area contributed by atoms with Gasteiger partial charge in [0.2, 0.25) is 0 Å². The molecular weight excluding hydrogens is 222 g/mol. The second-order valence-electron chi connectivity index (χ2n) is 3.96. The minimum absolute atomic E-state index is 0.139. The Kier molecular flexibility index (Phi) is 6.41. The number of ketones is 1. The van der Waals surface area contributed by atoms with Crippen LogP contribution in [-0.4, -0.2) is 17.5 Å². The first kappa shape index (κ1) is 14.1. The number of carbonyl (C=O) groups excluding carboxylic acids is 1. The van der Waals surface area contributed by atoms with E-state index in [0.29, 0.717) is 6.42 Å². The molecule has 0 aliphatic carbocycles. The predicted molar refractivity (Wildman–Crippen MR) is 77.9 cm³/mol. The fraction of sp³-hybridized carbons (Fsp3) is 0.250. The summed E-state index contributed by atoms with van der Waals surface area (Å²) in [5, 5.41) is 0. The van der Waals surface area contributed by atoms with Crippen LogP contribution in [0.15, 0.2) is 65.8 Å². The van der Waals surface area contributed by atoms with Crippen LogP contribution < -0.4 is 0 Å². The Morgan fingerprint density at radius 1 is 1.28 bits per heavy atom. The molecule has 0 radical (unpaired) electrons. The van der Waals surface area contributed by atoms with Crippen LogP contribution in [-0.2, 0) is 4.79 Å². The van der Waals surface area contributed by atoms with Crippen molar-refractivity contribution in [2.45, 2.75) is 26.3 Å². The lowest BCUT2D eigenvalue weighted by molar-refractivity contribution is -0.114. The first-order valence-electron chi connectivity index (χ1n) is 6.19. The van der Waals surface area contributed by atoms with Crippen molar-refractivity contribution in [1.82, 2.24) is 0 Å². The Labute approximate surface area is 109 Å². The smallest absolute Gasteiger partial charge is 0.155 e. The van der Waals surface area contributed by atoms with Gasteiger partial charge < -0.3 is 0 Å². The van der Waals surface area contributed by atoms with E-state index < -0.39 is 0 Å². The highest BCUT2D eigenvalue weighted by atomic mass is 16.1. The van der Waals surface area contributed by atoms with Crippen molar-refractivity contribution in [3.05, 3.63) is 60.8 Å². The molecule has 1 rings (SSSR count). The summed E-state index contributed by atoms with van der Waals surface area (Å²) >= 11 is 0.